The Balaban J connectivity index is 2.85. The van der Waals surface area contributed by atoms with Crippen LogP contribution in [0.3, 0.4) is 0 Å². The molecule has 1 rings (SSSR count). The first kappa shape index (κ1) is 8.99. The lowest BCUT2D eigenvalue weighted by atomic mass is 10.1. The molecule has 0 aliphatic carbocycles. The van der Waals surface area contributed by atoms with E-state index in [1.807, 2.05) is 0 Å². The summed E-state index contributed by atoms with van der Waals surface area (Å²) in [7, 11) is 0. The van der Waals surface area contributed by atoms with Crippen LogP contribution < -0.4 is 0 Å². The summed E-state index contributed by atoms with van der Waals surface area (Å²) < 4.78 is 0. The molecule has 0 amide bonds. The van der Waals surface area contributed by atoms with Crippen molar-refractivity contribution in [1.29, 1.82) is 10.8 Å². The molecule has 0 saturated heterocycles. The number of alkyl halides is 1. The lowest BCUT2D eigenvalue weighted by Gasteiger charge is -2.03. The second-order valence-corrected chi connectivity index (χ2v) is 3.10. The second-order valence-electron chi connectivity index (χ2n) is 2.11. The second kappa shape index (κ2) is 4.06. The summed E-state index contributed by atoms with van der Waals surface area (Å²) >= 11 is 3.16. The van der Waals surface area contributed by atoms with E-state index < -0.39 is 0 Å². The van der Waals surface area contributed by atoms with Crippen LogP contribution in [0.15, 0.2) is 18.7 Å². The van der Waals surface area contributed by atoms with Crippen molar-refractivity contribution in [2.45, 2.75) is 4.83 Å². The van der Waals surface area contributed by atoms with Crippen molar-refractivity contribution in [3.05, 3.63) is 24.3 Å². The minimum Gasteiger partial charge on any atom is -0.312 e. The highest BCUT2D eigenvalue weighted by Crippen LogP contribution is 2.05. The molecule has 1 aromatic heterocycles. The summed E-state index contributed by atoms with van der Waals surface area (Å²) in [6, 6.07) is 0. The maximum atomic E-state index is 7.56. The molecule has 0 fully saturated rings. The summed E-state index contributed by atoms with van der Waals surface area (Å²) in [4.78, 5) is 7.19. The molecule has 0 bridgehead atoms. The van der Waals surface area contributed by atoms with Gasteiger partial charge in [0.05, 0.1) is 10.5 Å². The summed E-state index contributed by atoms with van der Waals surface area (Å²) in [5.74, 6) is 0. The number of rotatable bonds is 3. The average molecular weight is 227 g/mol. The topological polar surface area (TPSA) is 73.5 Å². The van der Waals surface area contributed by atoms with Gasteiger partial charge in [-0.15, -0.1) is 0 Å². The van der Waals surface area contributed by atoms with Crippen LogP contribution in [-0.2, 0) is 0 Å². The van der Waals surface area contributed by atoms with Crippen molar-refractivity contribution in [2.24, 2.45) is 0 Å². The molecule has 1 unspecified atom stereocenters. The van der Waals surface area contributed by atoms with Crippen molar-refractivity contribution in [2.75, 3.05) is 0 Å². The fraction of sp³-hybridized carbons (Fsp3) is 0.143. The van der Waals surface area contributed by atoms with Crippen LogP contribution in [0.2, 0.25) is 0 Å². The predicted molar refractivity (Wildman–Crippen MR) is 50.4 cm³/mol. The Kier molecular flexibility index (Phi) is 3.04. The van der Waals surface area contributed by atoms with Gasteiger partial charge in [-0.25, -0.2) is 9.97 Å². The standard InChI is InChI=1S/C7H7BrN4/c8-6(1-9)7(10)5-2-11-4-12-3-5/h1-4,6,9-10H. The van der Waals surface area contributed by atoms with Crippen molar-refractivity contribution in [3.63, 3.8) is 0 Å². The van der Waals surface area contributed by atoms with Gasteiger partial charge >= 0.3 is 0 Å². The van der Waals surface area contributed by atoms with E-state index in [1.54, 1.807) is 12.4 Å². The van der Waals surface area contributed by atoms with Gasteiger partial charge < -0.3 is 10.8 Å². The predicted octanol–water partition coefficient (Wildman–Crippen LogP) is 1.26. The molecule has 62 valence electrons. The first-order valence-electron chi connectivity index (χ1n) is 3.24. The molecule has 0 spiro atoms. The van der Waals surface area contributed by atoms with Gasteiger partial charge in [0.15, 0.2) is 0 Å². The molecule has 0 aliphatic rings. The Morgan fingerprint density at radius 2 is 2.08 bits per heavy atom. The first-order valence-corrected chi connectivity index (χ1v) is 4.15. The molecular weight excluding hydrogens is 220 g/mol. The van der Waals surface area contributed by atoms with Gasteiger partial charge in [0, 0.05) is 24.2 Å². The van der Waals surface area contributed by atoms with E-state index in [9.17, 15) is 0 Å². The van der Waals surface area contributed by atoms with Gasteiger partial charge in [-0.3, -0.25) is 0 Å². The first-order chi connectivity index (χ1) is 5.75. The summed E-state index contributed by atoms with van der Waals surface area (Å²) in [6.45, 7) is 0. The molecule has 1 heterocycles. The Hall–Kier alpha value is -1.10. The van der Waals surface area contributed by atoms with E-state index in [2.05, 4.69) is 25.9 Å². The van der Waals surface area contributed by atoms with Crippen LogP contribution in [0.5, 0.6) is 0 Å². The number of halogens is 1. The van der Waals surface area contributed by atoms with E-state index >= 15 is 0 Å². The SMILES string of the molecule is N=CC(Br)C(=N)c1cncnc1. The lowest BCUT2D eigenvalue weighted by Crippen LogP contribution is -2.15. The van der Waals surface area contributed by atoms with Crippen LogP contribution in [0, 0.1) is 10.8 Å². The van der Waals surface area contributed by atoms with Gasteiger partial charge in [0.25, 0.3) is 0 Å². The molecule has 1 aromatic rings. The van der Waals surface area contributed by atoms with Gasteiger partial charge in [0.2, 0.25) is 0 Å². The quantitative estimate of drug-likeness (QED) is 0.602. The third kappa shape index (κ3) is 1.94. The maximum absolute atomic E-state index is 7.56. The molecule has 4 nitrogen and oxygen atoms in total. The van der Waals surface area contributed by atoms with Crippen LogP contribution in [0.4, 0.5) is 0 Å². The van der Waals surface area contributed by atoms with Gasteiger partial charge in [0.1, 0.15) is 6.33 Å². The van der Waals surface area contributed by atoms with Crippen LogP contribution >= 0.6 is 15.9 Å². The smallest absolute Gasteiger partial charge is 0.115 e. The van der Waals surface area contributed by atoms with Crippen molar-refractivity contribution >= 4 is 27.9 Å². The van der Waals surface area contributed by atoms with Crippen LogP contribution in [0.1, 0.15) is 5.56 Å². The third-order valence-corrected chi connectivity index (χ3v) is 2.02. The molecule has 1 atom stereocenters. The van der Waals surface area contributed by atoms with Gasteiger partial charge in [-0.2, -0.15) is 0 Å². The monoisotopic (exact) mass is 226 g/mol. The highest BCUT2D eigenvalue weighted by Gasteiger charge is 2.09. The Morgan fingerprint density at radius 1 is 1.50 bits per heavy atom. The van der Waals surface area contributed by atoms with E-state index in [0.29, 0.717) is 11.3 Å². The zero-order chi connectivity index (χ0) is 8.97. The van der Waals surface area contributed by atoms with Crippen molar-refractivity contribution in [1.82, 2.24) is 9.97 Å². The summed E-state index contributed by atoms with van der Waals surface area (Å²) in [5.41, 5.74) is 0.925. The maximum Gasteiger partial charge on any atom is 0.115 e. The molecule has 0 radical (unpaired) electrons. The zero-order valence-corrected chi connectivity index (χ0v) is 7.75. The Bertz CT molecular complexity index is 285. The largest absolute Gasteiger partial charge is 0.312 e. The Labute approximate surface area is 78.2 Å². The van der Waals surface area contributed by atoms with E-state index in [1.165, 1.54) is 6.33 Å². The molecule has 0 aromatic carbocycles. The number of nitrogens with one attached hydrogen (secondary N) is 2. The van der Waals surface area contributed by atoms with E-state index in [4.69, 9.17) is 10.8 Å². The number of hydrogen-bond donors (Lipinski definition) is 2. The molecule has 12 heavy (non-hydrogen) atoms. The van der Waals surface area contributed by atoms with Crippen molar-refractivity contribution in [3.8, 4) is 0 Å². The minimum absolute atomic E-state index is 0.297. The summed E-state index contributed by atoms with van der Waals surface area (Å²) in [5, 5.41) is 14.5. The Morgan fingerprint density at radius 3 is 2.58 bits per heavy atom. The van der Waals surface area contributed by atoms with Crippen LogP contribution in [-0.4, -0.2) is 26.7 Å². The number of aromatic nitrogens is 2. The molecule has 5 heteroatoms. The van der Waals surface area contributed by atoms with Crippen LogP contribution in [0.25, 0.3) is 0 Å². The van der Waals surface area contributed by atoms with Gasteiger partial charge in [-0.05, 0) is 0 Å². The molecular formula is C7H7BrN4. The summed E-state index contributed by atoms with van der Waals surface area (Å²) in [6.07, 6.45) is 5.65. The van der Waals surface area contributed by atoms with Crippen molar-refractivity contribution < 1.29 is 0 Å². The highest BCUT2D eigenvalue weighted by atomic mass is 79.9. The van der Waals surface area contributed by atoms with Gasteiger partial charge in [-0.1, -0.05) is 15.9 Å². The zero-order valence-electron chi connectivity index (χ0n) is 6.16. The molecule has 0 aliphatic heterocycles. The highest BCUT2D eigenvalue weighted by molar-refractivity contribution is 9.10. The van der Waals surface area contributed by atoms with E-state index in [0.717, 1.165) is 6.21 Å². The average Bonchev–Trinajstić information content (AvgIpc) is 2.17. The van der Waals surface area contributed by atoms with E-state index in [-0.39, 0.29) is 4.83 Å². The minimum atomic E-state index is -0.358. The molecule has 0 saturated carbocycles. The fourth-order valence-electron chi connectivity index (χ4n) is 0.681. The molecule has 2 N–H and O–H groups in total. The normalized spacial score (nSPS) is 12.1. The lowest BCUT2D eigenvalue weighted by molar-refractivity contribution is 1.15. The number of hydrogen-bond acceptors (Lipinski definition) is 4. The number of nitrogens with zero attached hydrogens (tertiary/aromatic N) is 2. The fourth-order valence-corrected chi connectivity index (χ4v) is 0.945. The third-order valence-electron chi connectivity index (χ3n) is 1.29.